The molecule has 0 heterocycles. The molecule has 1 rings (SSSR count). The summed E-state index contributed by atoms with van der Waals surface area (Å²) in [6.07, 6.45) is 1.93. The molecule has 1 aliphatic rings. The summed E-state index contributed by atoms with van der Waals surface area (Å²) >= 11 is 0. The summed E-state index contributed by atoms with van der Waals surface area (Å²) in [5, 5.41) is 14.5. The predicted molar refractivity (Wildman–Crippen MR) is 64.3 cm³/mol. The van der Waals surface area contributed by atoms with Gasteiger partial charge in [0.2, 0.25) is 11.8 Å². The van der Waals surface area contributed by atoms with Gasteiger partial charge >= 0.3 is 0 Å². The first-order valence-electron chi connectivity index (χ1n) is 5.99. The van der Waals surface area contributed by atoms with Gasteiger partial charge in [-0.25, -0.2) is 0 Å². The summed E-state index contributed by atoms with van der Waals surface area (Å²) in [6.45, 7) is 5.81. The largest absolute Gasteiger partial charge is 0.394 e. The fourth-order valence-corrected chi connectivity index (χ4v) is 1.39. The standard InChI is InChI=1S/C12H22N2O3/c1-11(2,3)10(17)13-7-4-9(16)14-12(8-15)5-6-12/h15H,4-8H2,1-3H3,(H,13,17)(H,14,16). The van der Waals surface area contributed by atoms with E-state index in [1.54, 1.807) is 0 Å². The van der Waals surface area contributed by atoms with E-state index >= 15 is 0 Å². The second-order valence-corrected chi connectivity index (χ2v) is 5.74. The molecular weight excluding hydrogens is 220 g/mol. The minimum Gasteiger partial charge on any atom is -0.394 e. The Morgan fingerprint density at radius 2 is 1.88 bits per heavy atom. The molecule has 0 radical (unpaired) electrons. The van der Waals surface area contributed by atoms with Crippen LogP contribution in [0.1, 0.15) is 40.0 Å². The third-order valence-corrected chi connectivity index (χ3v) is 2.88. The van der Waals surface area contributed by atoms with E-state index < -0.39 is 5.41 Å². The van der Waals surface area contributed by atoms with E-state index in [4.69, 9.17) is 5.11 Å². The van der Waals surface area contributed by atoms with Crippen LogP contribution in [-0.2, 0) is 9.59 Å². The van der Waals surface area contributed by atoms with Crippen LogP contribution in [0.2, 0.25) is 0 Å². The number of rotatable bonds is 5. The van der Waals surface area contributed by atoms with Crippen molar-refractivity contribution in [3.63, 3.8) is 0 Å². The number of aliphatic hydroxyl groups is 1. The van der Waals surface area contributed by atoms with Crippen molar-refractivity contribution in [2.45, 2.75) is 45.6 Å². The molecule has 3 N–H and O–H groups in total. The van der Waals surface area contributed by atoms with Gasteiger partial charge < -0.3 is 15.7 Å². The van der Waals surface area contributed by atoms with Gasteiger partial charge in [0.05, 0.1) is 12.1 Å². The topological polar surface area (TPSA) is 78.4 Å². The Bertz CT molecular complexity index is 303. The Morgan fingerprint density at radius 1 is 1.29 bits per heavy atom. The molecule has 5 heteroatoms. The summed E-state index contributed by atoms with van der Waals surface area (Å²) in [5.41, 5.74) is -0.801. The zero-order valence-electron chi connectivity index (χ0n) is 10.8. The number of carbonyl (C=O) groups excluding carboxylic acids is 2. The van der Waals surface area contributed by atoms with Crippen LogP contribution in [0, 0.1) is 5.41 Å². The number of carbonyl (C=O) groups is 2. The average Bonchev–Trinajstić information content (AvgIpc) is 2.97. The van der Waals surface area contributed by atoms with E-state index in [0.717, 1.165) is 12.8 Å². The van der Waals surface area contributed by atoms with Crippen LogP contribution in [0.4, 0.5) is 0 Å². The molecule has 2 amide bonds. The van der Waals surface area contributed by atoms with Crippen LogP contribution >= 0.6 is 0 Å². The van der Waals surface area contributed by atoms with Gasteiger partial charge in [0.15, 0.2) is 0 Å². The van der Waals surface area contributed by atoms with Crippen molar-refractivity contribution in [1.29, 1.82) is 0 Å². The summed E-state index contributed by atoms with van der Waals surface area (Å²) < 4.78 is 0. The second-order valence-electron chi connectivity index (χ2n) is 5.74. The molecule has 0 aromatic heterocycles. The monoisotopic (exact) mass is 242 g/mol. The molecule has 0 saturated heterocycles. The number of aliphatic hydroxyl groups excluding tert-OH is 1. The molecule has 5 nitrogen and oxygen atoms in total. The quantitative estimate of drug-likeness (QED) is 0.643. The molecule has 17 heavy (non-hydrogen) atoms. The summed E-state index contributed by atoms with van der Waals surface area (Å²) in [6, 6.07) is 0. The maximum atomic E-state index is 11.5. The molecule has 0 atom stereocenters. The van der Waals surface area contributed by atoms with Crippen molar-refractivity contribution in [3.05, 3.63) is 0 Å². The molecule has 1 aliphatic carbocycles. The van der Waals surface area contributed by atoms with Gasteiger partial charge in [-0.1, -0.05) is 20.8 Å². The van der Waals surface area contributed by atoms with Gasteiger partial charge in [-0.3, -0.25) is 9.59 Å². The van der Waals surface area contributed by atoms with Gasteiger partial charge in [-0.05, 0) is 12.8 Å². The first kappa shape index (κ1) is 14.0. The third kappa shape index (κ3) is 4.34. The Kier molecular flexibility index (Phi) is 4.14. The molecule has 1 saturated carbocycles. The zero-order chi connectivity index (χ0) is 13.1. The maximum Gasteiger partial charge on any atom is 0.225 e. The Balaban J connectivity index is 2.19. The Hall–Kier alpha value is -1.10. The molecule has 0 aromatic rings. The average molecular weight is 242 g/mol. The normalized spacial score (nSPS) is 17.4. The van der Waals surface area contributed by atoms with Crippen LogP contribution in [0.3, 0.4) is 0 Å². The van der Waals surface area contributed by atoms with Crippen molar-refractivity contribution in [2.24, 2.45) is 5.41 Å². The molecule has 0 bridgehead atoms. The Labute approximate surface area is 102 Å². The van der Waals surface area contributed by atoms with Gasteiger partial charge in [-0.2, -0.15) is 0 Å². The minimum atomic E-state index is -0.431. The lowest BCUT2D eigenvalue weighted by Gasteiger charge is -2.18. The van der Waals surface area contributed by atoms with E-state index in [1.165, 1.54) is 0 Å². The summed E-state index contributed by atoms with van der Waals surface area (Å²) in [4.78, 5) is 23.0. The third-order valence-electron chi connectivity index (χ3n) is 2.88. The van der Waals surface area contributed by atoms with Crippen LogP contribution in [0.5, 0.6) is 0 Å². The maximum absolute atomic E-state index is 11.5. The van der Waals surface area contributed by atoms with Crippen molar-refractivity contribution in [2.75, 3.05) is 13.2 Å². The molecular formula is C12H22N2O3. The number of hydrogen-bond donors (Lipinski definition) is 3. The van der Waals surface area contributed by atoms with Crippen LogP contribution in [0.15, 0.2) is 0 Å². The number of hydrogen-bond acceptors (Lipinski definition) is 3. The molecule has 1 fully saturated rings. The van der Waals surface area contributed by atoms with E-state index in [0.29, 0.717) is 6.54 Å². The van der Waals surface area contributed by atoms with Gasteiger partial charge in [0.1, 0.15) is 0 Å². The highest BCUT2D eigenvalue weighted by Crippen LogP contribution is 2.34. The van der Waals surface area contributed by atoms with Crippen LogP contribution in [0.25, 0.3) is 0 Å². The Morgan fingerprint density at radius 3 is 2.29 bits per heavy atom. The lowest BCUT2D eigenvalue weighted by molar-refractivity contribution is -0.128. The van der Waals surface area contributed by atoms with Crippen LogP contribution in [-0.4, -0.2) is 35.6 Å². The molecule has 0 aromatic carbocycles. The van der Waals surface area contributed by atoms with E-state index in [2.05, 4.69) is 10.6 Å². The highest BCUT2D eigenvalue weighted by molar-refractivity contribution is 5.82. The number of amides is 2. The van der Waals surface area contributed by atoms with Gasteiger partial charge in [-0.15, -0.1) is 0 Å². The fourth-order valence-electron chi connectivity index (χ4n) is 1.39. The van der Waals surface area contributed by atoms with Gasteiger partial charge in [0, 0.05) is 18.4 Å². The molecule has 0 spiro atoms. The first-order valence-corrected chi connectivity index (χ1v) is 5.99. The van der Waals surface area contributed by atoms with Crippen molar-refractivity contribution in [3.8, 4) is 0 Å². The SMILES string of the molecule is CC(C)(C)C(=O)NCCC(=O)NC1(CO)CC1. The molecule has 0 unspecified atom stereocenters. The first-order chi connectivity index (χ1) is 7.79. The lowest BCUT2D eigenvalue weighted by Crippen LogP contribution is -2.42. The highest BCUT2D eigenvalue weighted by Gasteiger charge is 2.43. The van der Waals surface area contributed by atoms with E-state index in [1.807, 2.05) is 20.8 Å². The number of nitrogens with one attached hydrogen (secondary N) is 2. The second kappa shape index (κ2) is 5.04. The fraction of sp³-hybridized carbons (Fsp3) is 0.833. The predicted octanol–water partition coefficient (Wildman–Crippen LogP) is 0.180. The van der Waals surface area contributed by atoms with Crippen molar-refractivity contribution < 1.29 is 14.7 Å². The van der Waals surface area contributed by atoms with Gasteiger partial charge in [0.25, 0.3) is 0 Å². The van der Waals surface area contributed by atoms with E-state index in [-0.39, 0.29) is 30.4 Å². The molecule has 98 valence electrons. The van der Waals surface area contributed by atoms with Crippen molar-refractivity contribution in [1.82, 2.24) is 10.6 Å². The van der Waals surface area contributed by atoms with Crippen LogP contribution < -0.4 is 10.6 Å². The highest BCUT2D eigenvalue weighted by atomic mass is 16.3. The lowest BCUT2D eigenvalue weighted by atomic mass is 9.96. The summed E-state index contributed by atoms with van der Waals surface area (Å²) in [5.74, 6) is -0.181. The smallest absolute Gasteiger partial charge is 0.225 e. The molecule has 0 aliphatic heterocycles. The van der Waals surface area contributed by atoms with E-state index in [9.17, 15) is 9.59 Å². The zero-order valence-corrected chi connectivity index (χ0v) is 10.8. The summed E-state index contributed by atoms with van der Waals surface area (Å²) in [7, 11) is 0. The van der Waals surface area contributed by atoms with Crippen molar-refractivity contribution >= 4 is 11.8 Å². The minimum absolute atomic E-state index is 0.00685.